The zero-order valence-electron chi connectivity index (χ0n) is 11.9. The second kappa shape index (κ2) is 6.92. The van der Waals surface area contributed by atoms with E-state index in [4.69, 9.17) is 0 Å². The van der Waals surface area contributed by atoms with Crippen LogP contribution >= 0.6 is 0 Å². The summed E-state index contributed by atoms with van der Waals surface area (Å²) in [6, 6.07) is 3.14. The molecule has 106 valence electrons. The molecule has 0 aliphatic rings. The maximum atomic E-state index is 10.9. The minimum atomic E-state index is -0.401. The van der Waals surface area contributed by atoms with Crippen LogP contribution in [0.4, 0.5) is 17.3 Å². The average Bonchev–Trinajstić information content (AvgIpc) is 2.37. The average molecular weight is 266 g/mol. The maximum absolute atomic E-state index is 10.9. The van der Waals surface area contributed by atoms with Gasteiger partial charge in [-0.25, -0.2) is 4.98 Å². The minimum Gasteiger partial charge on any atom is -0.370 e. The highest BCUT2D eigenvalue weighted by molar-refractivity contribution is 5.55. The van der Waals surface area contributed by atoms with Crippen LogP contribution in [0.5, 0.6) is 0 Å². The van der Waals surface area contributed by atoms with Crippen LogP contribution in [0, 0.1) is 16.0 Å². The molecule has 1 rings (SSSR count). The summed E-state index contributed by atoms with van der Waals surface area (Å²) >= 11 is 0. The monoisotopic (exact) mass is 266 g/mol. The predicted octanol–water partition coefficient (Wildman–Crippen LogP) is 3.27. The number of nitrogens with zero attached hydrogens (tertiary/aromatic N) is 2. The van der Waals surface area contributed by atoms with Crippen molar-refractivity contribution in [3.8, 4) is 0 Å². The van der Waals surface area contributed by atoms with Gasteiger partial charge in [-0.3, -0.25) is 10.1 Å². The number of nitrogens with one attached hydrogen (secondary N) is 2. The second-order valence-electron chi connectivity index (χ2n) is 4.70. The van der Waals surface area contributed by atoms with Crippen LogP contribution in [0.2, 0.25) is 0 Å². The zero-order valence-corrected chi connectivity index (χ0v) is 11.9. The molecule has 0 aromatic carbocycles. The number of hydrogen-bond acceptors (Lipinski definition) is 5. The van der Waals surface area contributed by atoms with E-state index in [1.165, 1.54) is 12.1 Å². The largest absolute Gasteiger partial charge is 0.370 e. The van der Waals surface area contributed by atoms with Gasteiger partial charge in [-0.15, -0.1) is 0 Å². The third-order valence-electron chi connectivity index (χ3n) is 3.25. The maximum Gasteiger partial charge on any atom is 0.276 e. The Kier molecular flexibility index (Phi) is 5.54. The summed E-state index contributed by atoms with van der Waals surface area (Å²) in [5, 5.41) is 17.1. The fourth-order valence-corrected chi connectivity index (χ4v) is 1.70. The molecule has 0 bridgehead atoms. The van der Waals surface area contributed by atoms with E-state index in [9.17, 15) is 10.1 Å². The number of rotatable bonds is 7. The molecule has 0 amide bonds. The Morgan fingerprint density at radius 2 is 1.95 bits per heavy atom. The molecule has 0 saturated carbocycles. The van der Waals surface area contributed by atoms with Gasteiger partial charge in [0.2, 0.25) is 0 Å². The first-order chi connectivity index (χ1) is 8.97. The van der Waals surface area contributed by atoms with Crippen molar-refractivity contribution in [3.63, 3.8) is 0 Å². The van der Waals surface area contributed by atoms with E-state index >= 15 is 0 Å². The van der Waals surface area contributed by atoms with Gasteiger partial charge in [0.15, 0.2) is 0 Å². The molecule has 1 aromatic heterocycles. The van der Waals surface area contributed by atoms with Gasteiger partial charge in [0.05, 0.1) is 17.1 Å². The van der Waals surface area contributed by atoms with Crippen LogP contribution in [-0.4, -0.2) is 22.5 Å². The number of pyridine rings is 1. The summed E-state index contributed by atoms with van der Waals surface area (Å²) in [4.78, 5) is 14.8. The standard InChI is InChI=1S/C13H22N4O2/c1-5-9(3)10(4)15-13-8-11(17(18)19)7-12(16-13)14-6-2/h7-10H,5-6H2,1-4H3,(H2,14,15,16). The Balaban J connectivity index is 2.95. The molecule has 6 heteroatoms. The van der Waals surface area contributed by atoms with Crippen molar-refractivity contribution in [1.29, 1.82) is 0 Å². The van der Waals surface area contributed by atoms with Crippen molar-refractivity contribution < 1.29 is 4.92 Å². The molecule has 0 radical (unpaired) electrons. The van der Waals surface area contributed by atoms with E-state index < -0.39 is 4.92 Å². The predicted molar refractivity (Wildman–Crippen MR) is 77.6 cm³/mol. The van der Waals surface area contributed by atoms with E-state index in [1.54, 1.807) is 0 Å². The summed E-state index contributed by atoms with van der Waals surface area (Å²) in [6.45, 7) is 8.92. The van der Waals surface area contributed by atoms with Gasteiger partial charge in [-0.05, 0) is 19.8 Å². The molecular formula is C13H22N4O2. The molecule has 0 saturated heterocycles. The van der Waals surface area contributed by atoms with Crippen molar-refractivity contribution in [3.05, 3.63) is 22.2 Å². The van der Waals surface area contributed by atoms with Gasteiger partial charge in [-0.1, -0.05) is 20.3 Å². The van der Waals surface area contributed by atoms with E-state index in [2.05, 4.69) is 36.4 Å². The molecule has 0 aliphatic carbocycles. The summed E-state index contributed by atoms with van der Waals surface area (Å²) in [5.41, 5.74) is 0.0461. The Labute approximate surface area is 113 Å². The molecule has 19 heavy (non-hydrogen) atoms. The van der Waals surface area contributed by atoms with Gasteiger partial charge in [0.25, 0.3) is 5.69 Å². The molecule has 2 atom stereocenters. The smallest absolute Gasteiger partial charge is 0.276 e. The van der Waals surface area contributed by atoms with E-state index in [-0.39, 0.29) is 11.7 Å². The lowest BCUT2D eigenvalue weighted by Gasteiger charge is -2.20. The highest BCUT2D eigenvalue weighted by Crippen LogP contribution is 2.22. The summed E-state index contributed by atoms with van der Waals surface area (Å²) in [5.74, 6) is 1.54. The minimum absolute atomic E-state index is 0.0461. The SMILES string of the molecule is CCNc1cc([N+](=O)[O-])cc(NC(C)C(C)CC)n1. The van der Waals surface area contributed by atoms with E-state index in [1.807, 2.05) is 6.92 Å². The molecule has 1 heterocycles. The molecule has 1 aromatic rings. The topological polar surface area (TPSA) is 80.1 Å². The van der Waals surface area contributed by atoms with Crippen molar-refractivity contribution in [2.75, 3.05) is 17.2 Å². The van der Waals surface area contributed by atoms with Crippen LogP contribution in [0.25, 0.3) is 0 Å². The summed E-state index contributed by atoms with van der Waals surface area (Å²) in [7, 11) is 0. The first-order valence-corrected chi connectivity index (χ1v) is 6.64. The van der Waals surface area contributed by atoms with Gasteiger partial charge < -0.3 is 10.6 Å². The first kappa shape index (κ1) is 15.2. The quantitative estimate of drug-likeness (QED) is 0.585. The van der Waals surface area contributed by atoms with Crippen LogP contribution in [0.1, 0.15) is 34.1 Å². The van der Waals surface area contributed by atoms with Gasteiger partial charge in [0, 0.05) is 12.6 Å². The normalized spacial score (nSPS) is 13.7. The molecule has 2 unspecified atom stereocenters. The Morgan fingerprint density at radius 1 is 1.32 bits per heavy atom. The number of hydrogen-bond donors (Lipinski definition) is 2. The first-order valence-electron chi connectivity index (χ1n) is 6.64. The lowest BCUT2D eigenvalue weighted by Crippen LogP contribution is -2.24. The van der Waals surface area contributed by atoms with Crippen LogP contribution < -0.4 is 10.6 Å². The number of aromatic nitrogens is 1. The van der Waals surface area contributed by atoms with Crippen LogP contribution in [0.3, 0.4) is 0 Å². The number of anilines is 2. The van der Waals surface area contributed by atoms with Gasteiger partial charge in [-0.2, -0.15) is 0 Å². The van der Waals surface area contributed by atoms with E-state index in [0.717, 1.165) is 6.42 Å². The molecular weight excluding hydrogens is 244 g/mol. The summed E-state index contributed by atoms with van der Waals surface area (Å²) < 4.78 is 0. The summed E-state index contributed by atoms with van der Waals surface area (Å²) in [6.07, 6.45) is 1.04. The number of nitro groups is 1. The highest BCUT2D eigenvalue weighted by atomic mass is 16.6. The second-order valence-corrected chi connectivity index (χ2v) is 4.70. The Hall–Kier alpha value is -1.85. The molecule has 0 aliphatic heterocycles. The molecule has 2 N–H and O–H groups in total. The lowest BCUT2D eigenvalue weighted by atomic mass is 10.0. The third-order valence-corrected chi connectivity index (χ3v) is 3.25. The van der Waals surface area contributed by atoms with Crippen LogP contribution in [0.15, 0.2) is 12.1 Å². The lowest BCUT2D eigenvalue weighted by molar-refractivity contribution is -0.384. The Bertz CT molecular complexity index is 437. The van der Waals surface area contributed by atoms with Crippen molar-refractivity contribution in [2.24, 2.45) is 5.92 Å². The molecule has 0 spiro atoms. The molecule has 6 nitrogen and oxygen atoms in total. The van der Waals surface area contributed by atoms with Crippen molar-refractivity contribution in [1.82, 2.24) is 4.98 Å². The van der Waals surface area contributed by atoms with Crippen molar-refractivity contribution in [2.45, 2.75) is 40.2 Å². The van der Waals surface area contributed by atoms with E-state index in [0.29, 0.717) is 24.1 Å². The molecule has 0 fully saturated rings. The fraction of sp³-hybridized carbons (Fsp3) is 0.615. The van der Waals surface area contributed by atoms with Crippen LogP contribution in [-0.2, 0) is 0 Å². The third kappa shape index (κ3) is 4.39. The highest BCUT2D eigenvalue weighted by Gasteiger charge is 2.15. The zero-order chi connectivity index (χ0) is 14.4. The van der Waals surface area contributed by atoms with Gasteiger partial charge >= 0.3 is 0 Å². The van der Waals surface area contributed by atoms with Crippen molar-refractivity contribution >= 4 is 17.3 Å². The fourth-order valence-electron chi connectivity index (χ4n) is 1.70. The van der Waals surface area contributed by atoms with Gasteiger partial charge in [0.1, 0.15) is 11.6 Å². The Morgan fingerprint density at radius 3 is 2.47 bits per heavy atom.